The molecule has 0 aromatic heterocycles. The van der Waals surface area contributed by atoms with Gasteiger partial charge in [-0.3, -0.25) is 15.4 Å². The Labute approximate surface area is 167 Å². The molecule has 0 spiro atoms. The third-order valence-electron chi connectivity index (χ3n) is 3.62. The molecule has 2 rings (SSSR count). The summed E-state index contributed by atoms with van der Waals surface area (Å²) in [5, 5.41) is 13.8. The Kier molecular flexibility index (Phi) is 6.76. The van der Waals surface area contributed by atoms with Crippen molar-refractivity contribution < 1.29 is 28.7 Å². The van der Waals surface area contributed by atoms with E-state index >= 15 is 0 Å². The topological polar surface area (TPSA) is 117 Å². The molecule has 9 heteroatoms. The van der Waals surface area contributed by atoms with E-state index in [1.807, 2.05) is 0 Å². The minimum atomic E-state index is -0.804. The molecule has 1 N–H and O–H groups in total. The lowest BCUT2D eigenvalue weighted by Crippen LogP contribution is -2.27. The maximum atomic E-state index is 11.9. The third-order valence-corrected chi connectivity index (χ3v) is 3.62. The van der Waals surface area contributed by atoms with E-state index in [0.717, 1.165) is 0 Å². The summed E-state index contributed by atoms with van der Waals surface area (Å²) in [6.45, 7) is 5.06. The van der Waals surface area contributed by atoms with Crippen molar-refractivity contribution >= 4 is 23.4 Å². The molecule has 2 aromatic carbocycles. The van der Waals surface area contributed by atoms with E-state index < -0.39 is 22.6 Å². The van der Waals surface area contributed by atoms with E-state index in [-0.39, 0.29) is 23.7 Å². The predicted molar refractivity (Wildman–Crippen MR) is 105 cm³/mol. The lowest BCUT2D eigenvalue weighted by atomic mass is 10.1. The number of methoxy groups -OCH3 is 1. The minimum Gasteiger partial charge on any atom is -0.489 e. The minimum absolute atomic E-state index is 0.00126. The lowest BCUT2D eigenvalue weighted by Gasteiger charge is -2.19. The van der Waals surface area contributed by atoms with Gasteiger partial charge in [0.15, 0.2) is 0 Å². The smallest absolute Gasteiger partial charge is 0.412 e. The second-order valence-corrected chi connectivity index (χ2v) is 7.00. The number of carbonyl (C=O) groups is 2. The van der Waals surface area contributed by atoms with Crippen molar-refractivity contribution in [2.75, 3.05) is 12.4 Å². The molecular weight excluding hydrogens is 380 g/mol. The van der Waals surface area contributed by atoms with Gasteiger partial charge in [-0.05, 0) is 39.0 Å². The Morgan fingerprint density at radius 1 is 1.14 bits per heavy atom. The molecule has 0 heterocycles. The fraction of sp³-hybridized carbons (Fsp3) is 0.300. The van der Waals surface area contributed by atoms with E-state index in [2.05, 4.69) is 5.32 Å². The van der Waals surface area contributed by atoms with Crippen LogP contribution in [0.4, 0.5) is 16.2 Å². The summed E-state index contributed by atoms with van der Waals surface area (Å²) in [4.78, 5) is 34.5. The highest BCUT2D eigenvalue weighted by Gasteiger charge is 2.21. The number of ether oxygens (including phenoxy) is 3. The van der Waals surface area contributed by atoms with Gasteiger partial charge in [-0.25, -0.2) is 9.59 Å². The maximum absolute atomic E-state index is 11.9. The van der Waals surface area contributed by atoms with Crippen LogP contribution in [-0.2, 0) is 16.1 Å². The van der Waals surface area contributed by atoms with Crippen LogP contribution in [0.2, 0.25) is 0 Å². The molecule has 2 aromatic rings. The van der Waals surface area contributed by atoms with Gasteiger partial charge in [0.25, 0.3) is 5.69 Å². The van der Waals surface area contributed by atoms with Gasteiger partial charge in [-0.2, -0.15) is 0 Å². The average molecular weight is 402 g/mol. The summed E-state index contributed by atoms with van der Waals surface area (Å²) < 4.78 is 15.4. The van der Waals surface area contributed by atoms with Crippen molar-refractivity contribution in [3.05, 3.63) is 63.7 Å². The second-order valence-electron chi connectivity index (χ2n) is 7.00. The highest BCUT2D eigenvalue weighted by atomic mass is 16.6. The van der Waals surface area contributed by atoms with Gasteiger partial charge in [0.1, 0.15) is 23.6 Å². The first-order valence-corrected chi connectivity index (χ1v) is 8.68. The van der Waals surface area contributed by atoms with Crippen LogP contribution < -0.4 is 10.1 Å². The van der Waals surface area contributed by atoms with Crippen LogP contribution in [0.25, 0.3) is 0 Å². The molecule has 0 radical (unpaired) electrons. The first kappa shape index (κ1) is 21.7. The number of nitrogens with zero attached hydrogens (tertiary/aromatic N) is 1. The van der Waals surface area contributed by atoms with Gasteiger partial charge in [0, 0.05) is 5.56 Å². The van der Waals surface area contributed by atoms with Gasteiger partial charge < -0.3 is 14.2 Å². The number of rotatable bonds is 6. The molecule has 29 heavy (non-hydrogen) atoms. The maximum Gasteiger partial charge on any atom is 0.412 e. The zero-order valence-corrected chi connectivity index (χ0v) is 16.6. The highest BCUT2D eigenvalue weighted by molar-refractivity contribution is 5.91. The van der Waals surface area contributed by atoms with Crippen LogP contribution in [-0.4, -0.2) is 29.7 Å². The van der Waals surface area contributed by atoms with Gasteiger partial charge in [0.2, 0.25) is 0 Å². The zero-order chi connectivity index (χ0) is 21.6. The zero-order valence-electron chi connectivity index (χ0n) is 16.6. The molecule has 1 amide bonds. The van der Waals surface area contributed by atoms with Crippen molar-refractivity contribution in [2.24, 2.45) is 0 Å². The van der Waals surface area contributed by atoms with Crippen molar-refractivity contribution in [3.8, 4) is 5.75 Å². The molecule has 154 valence electrons. The Bertz CT molecular complexity index is 919. The van der Waals surface area contributed by atoms with Crippen LogP contribution >= 0.6 is 0 Å². The number of nitro groups is 1. The number of amides is 1. The van der Waals surface area contributed by atoms with Crippen molar-refractivity contribution in [1.29, 1.82) is 0 Å². The number of esters is 1. The molecule has 0 fully saturated rings. The quantitative estimate of drug-likeness (QED) is 0.435. The number of carbonyl (C=O) groups excluding carboxylic acids is 2. The first-order chi connectivity index (χ1) is 13.6. The summed E-state index contributed by atoms with van der Waals surface area (Å²) in [6.07, 6.45) is -0.804. The number of anilines is 1. The number of hydrogen-bond acceptors (Lipinski definition) is 7. The molecule has 0 bridgehead atoms. The molecule has 0 atom stereocenters. The molecule has 0 aliphatic heterocycles. The summed E-state index contributed by atoms with van der Waals surface area (Å²) in [7, 11) is 1.28. The van der Waals surface area contributed by atoms with Gasteiger partial charge in [0.05, 0.1) is 23.7 Å². The van der Waals surface area contributed by atoms with E-state index in [9.17, 15) is 19.7 Å². The van der Waals surface area contributed by atoms with E-state index in [1.54, 1.807) is 45.0 Å². The van der Waals surface area contributed by atoms with Crippen molar-refractivity contribution in [3.63, 3.8) is 0 Å². The summed E-state index contributed by atoms with van der Waals surface area (Å²) in [5.41, 5.74) is -0.207. The third kappa shape index (κ3) is 6.20. The van der Waals surface area contributed by atoms with Crippen molar-refractivity contribution in [2.45, 2.75) is 33.0 Å². The molecule has 9 nitrogen and oxygen atoms in total. The Hall–Kier alpha value is -3.62. The SMILES string of the molecule is COC(=O)c1ccccc1COc1ccc(NC(=O)OC(C)(C)C)c([N+](=O)[O-])c1. The molecular formula is C20H22N2O7. The fourth-order valence-electron chi connectivity index (χ4n) is 2.39. The largest absolute Gasteiger partial charge is 0.489 e. The van der Waals surface area contributed by atoms with Gasteiger partial charge >= 0.3 is 12.1 Å². The number of nitrogens with one attached hydrogen (secondary N) is 1. The van der Waals surface area contributed by atoms with E-state index in [1.165, 1.54) is 25.3 Å². The van der Waals surface area contributed by atoms with Crippen LogP contribution in [0, 0.1) is 10.1 Å². The standard InChI is InChI=1S/C20H22N2O7/c1-20(2,3)29-19(24)21-16-10-9-14(11-17(16)22(25)26)28-12-13-7-5-6-8-15(13)18(23)27-4/h5-11H,12H2,1-4H3,(H,21,24). The summed E-state index contributed by atoms with van der Waals surface area (Å²) in [6, 6.07) is 10.7. The van der Waals surface area contributed by atoms with Crippen LogP contribution in [0.1, 0.15) is 36.7 Å². The highest BCUT2D eigenvalue weighted by Crippen LogP contribution is 2.30. The fourth-order valence-corrected chi connectivity index (χ4v) is 2.39. The van der Waals surface area contributed by atoms with Gasteiger partial charge in [-0.1, -0.05) is 18.2 Å². The average Bonchev–Trinajstić information content (AvgIpc) is 2.65. The molecule has 0 saturated heterocycles. The van der Waals surface area contributed by atoms with Crippen LogP contribution in [0.3, 0.4) is 0 Å². The van der Waals surface area contributed by atoms with E-state index in [4.69, 9.17) is 14.2 Å². The normalized spacial score (nSPS) is 10.8. The number of hydrogen-bond donors (Lipinski definition) is 1. The number of benzene rings is 2. The van der Waals surface area contributed by atoms with Gasteiger partial charge in [-0.15, -0.1) is 0 Å². The Morgan fingerprint density at radius 2 is 1.83 bits per heavy atom. The molecule has 0 aliphatic rings. The first-order valence-electron chi connectivity index (χ1n) is 8.68. The molecule has 0 unspecified atom stereocenters. The van der Waals surface area contributed by atoms with Crippen LogP contribution in [0.5, 0.6) is 5.75 Å². The Balaban J connectivity index is 2.18. The summed E-state index contributed by atoms with van der Waals surface area (Å²) >= 11 is 0. The number of nitro benzene ring substituents is 1. The van der Waals surface area contributed by atoms with Crippen molar-refractivity contribution in [1.82, 2.24) is 0 Å². The molecule has 0 saturated carbocycles. The second kappa shape index (κ2) is 9.05. The molecule has 0 aliphatic carbocycles. The lowest BCUT2D eigenvalue weighted by molar-refractivity contribution is -0.384. The monoisotopic (exact) mass is 402 g/mol. The summed E-state index contributed by atoms with van der Waals surface area (Å²) in [5.74, 6) is -0.307. The van der Waals surface area contributed by atoms with Crippen LogP contribution in [0.15, 0.2) is 42.5 Å². The Morgan fingerprint density at radius 3 is 2.45 bits per heavy atom. The van der Waals surface area contributed by atoms with E-state index in [0.29, 0.717) is 11.1 Å². The predicted octanol–water partition coefficient (Wildman–Crippen LogP) is 4.31.